The summed E-state index contributed by atoms with van der Waals surface area (Å²) >= 11 is 0. The Morgan fingerprint density at radius 2 is 1.67 bits per heavy atom. The summed E-state index contributed by atoms with van der Waals surface area (Å²) in [6.07, 6.45) is 1.80. The Balaban J connectivity index is 1.86. The molecule has 4 heteroatoms. The van der Waals surface area contributed by atoms with E-state index >= 15 is 0 Å². The van der Waals surface area contributed by atoms with E-state index in [0.717, 1.165) is 10.8 Å². The molecule has 0 atom stereocenters. The number of pyridine rings is 1. The van der Waals surface area contributed by atoms with Crippen molar-refractivity contribution in [3.8, 4) is 0 Å². The van der Waals surface area contributed by atoms with E-state index in [2.05, 4.69) is 10.2 Å². The van der Waals surface area contributed by atoms with Crippen molar-refractivity contribution in [2.75, 3.05) is 0 Å². The Kier molecular flexibility index (Phi) is 2.54. The Morgan fingerprint density at radius 1 is 0.857 bits per heavy atom. The molecule has 0 N–H and O–H groups in total. The Morgan fingerprint density at radius 3 is 2.57 bits per heavy atom. The highest BCUT2D eigenvalue weighted by molar-refractivity contribution is 6.08. The first-order valence-electron chi connectivity index (χ1n) is 6.66. The highest BCUT2D eigenvalue weighted by atomic mass is 16.1. The lowest BCUT2D eigenvalue weighted by Crippen LogP contribution is -2.06. The minimum atomic E-state index is -0.126. The van der Waals surface area contributed by atoms with Crippen LogP contribution in [0.5, 0.6) is 0 Å². The van der Waals surface area contributed by atoms with Gasteiger partial charge >= 0.3 is 0 Å². The number of carbonyl (C=O) groups is 1. The molecule has 0 radical (unpaired) electrons. The number of rotatable bonds is 2. The van der Waals surface area contributed by atoms with Gasteiger partial charge in [-0.1, -0.05) is 42.5 Å². The summed E-state index contributed by atoms with van der Waals surface area (Å²) < 4.78 is 1.71. The number of nitrogens with zero attached hydrogens (tertiary/aromatic N) is 3. The molecule has 0 saturated heterocycles. The molecule has 4 rings (SSSR count). The van der Waals surface area contributed by atoms with Crippen molar-refractivity contribution in [2.45, 2.75) is 0 Å². The van der Waals surface area contributed by atoms with Crippen LogP contribution in [0.2, 0.25) is 0 Å². The third kappa shape index (κ3) is 1.89. The van der Waals surface area contributed by atoms with Crippen molar-refractivity contribution in [3.05, 3.63) is 78.2 Å². The average Bonchev–Trinajstić information content (AvgIpc) is 2.98. The van der Waals surface area contributed by atoms with Gasteiger partial charge in [-0.05, 0) is 29.0 Å². The topological polar surface area (TPSA) is 47.3 Å². The fourth-order valence-corrected chi connectivity index (χ4v) is 2.46. The van der Waals surface area contributed by atoms with Gasteiger partial charge in [0.1, 0.15) is 0 Å². The van der Waals surface area contributed by atoms with Crippen LogP contribution in [0.15, 0.2) is 66.9 Å². The summed E-state index contributed by atoms with van der Waals surface area (Å²) in [4.78, 5) is 12.6. The van der Waals surface area contributed by atoms with E-state index in [9.17, 15) is 4.79 Å². The van der Waals surface area contributed by atoms with Crippen LogP contribution in [0.4, 0.5) is 0 Å². The molecule has 0 aliphatic heterocycles. The molecule has 2 aromatic carbocycles. The van der Waals surface area contributed by atoms with Gasteiger partial charge in [-0.2, -0.15) is 0 Å². The first-order chi connectivity index (χ1) is 10.3. The zero-order chi connectivity index (χ0) is 14.2. The predicted octanol–water partition coefficient (Wildman–Crippen LogP) is 3.11. The van der Waals surface area contributed by atoms with Crippen LogP contribution < -0.4 is 0 Å². The normalized spacial score (nSPS) is 11.0. The van der Waals surface area contributed by atoms with Crippen LogP contribution in [-0.2, 0) is 0 Å². The minimum Gasteiger partial charge on any atom is -0.285 e. The first kappa shape index (κ1) is 11.8. The van der Waals surface area contributed by atoms with Crippen LogP contribution in [0.25, 0.3) is 16.4 Å². The van der Waals surface area contributed by atoms with Crippen molar-refractivity contribution in [1.29, 1.82) is 0 Å². The minimum absolute atomic E-state index is 0.126. The molecule has 21 heavy (non-hydrogen) atoms. The van der Waals surface area contributed by atoms with Gasteiger partial charge in [0, 0.05) is 11.8 Å². The van der Waals surface area contributed by atoms with E-state index in [4.69, 9.17) is 0 Å². The lowest BCUT2D eigenvalue weighted by molar-refractivity contribution is 0.102. The molecule has 0 amide bonds. The number of benzene rings is 2. The third-order valence-corrected chi connectivity index (χ3v) is 3.53. The molecule has 0 aliphatic rings. The van der Waals surface area contributed by atoms with Crippen LogP contribution >= 0.6 is 0 Å². The molecule has 2 aromatic heterocycles. The highest BCUT2D eigenvalue weighted by Crippen LogP contribution is 2.18. The van der Waals surface area contributed by atoms with E-state index in [1.165, 1.54) is 0 Å². The van der Waals surface area contributed by atoms with Crippen LogP contribution in [0.1, 0.15) is 16.2 Å². The van der Waals surface area contributed by atoms with Crippen molar-refractivity contribution in [2.24, 2.45) is 0 Å². The Labute approximate surface area is 120 Å². The zero-order valence-corrected chi connectivity index (χ0v) is 11.1. The van der Waals surface area contributed by atoms with Gasteiger partial charge < -0.3 is 0 Å². The third-order valence-electron chi connectivity index (χ3n) is 3.53. The predicted molar refractivity (Wildman–Crippen MR) is 80.4 cm³/mol. The van der Waals surface area contributed by atoms with Gasteiger partial charge in [-0.25, -0.2) is 0 Å². The summed E-state index contributed by atoms with van der Waals surface area (Å²) in [5.74, 6) is 0.209. The van der Waals surface area contributed by atoms with Gasteiger partial charge in [-0.3, -0.25) is 9.20 Å². The number of carbonyl (C=O) groups excluding carboxylic acids is 1. The van der Waals surface area contributed by atoms with E-state index in [-0.39, 0.29) is 5.78 Å². The van der Waals surface area contributed by atoms with Gasteiger partial charge in [0.2, 0.25) is 11.6 Å². The van der Waals surface area contributed by atoms with E-state index in [1.54, 1.807) is 10.6 Å². The Bertz CT molecular complexity index is 972. The molecule has 0 bridgehead atoms. The molecule has 4 aromatic rings. The molecule has 4 nitrogen and oxygen atoms in total. The summed E-state index contributed by atoms with van der Waals surface area (Å²) in [6.45, 7) is 0. The molecule has 0 saturated carbocycles. The summed E-state index contributed by atoms with van der Waals surface area (Å²) in [5, 5.41) is 10.2. The maximum atomic E-state index is 12.6. The number of ketones is 1. The van der Waals surface area contributed by atoms with E-state index in [1.807, 2.05) is 60.7 Å². The van der Waals surface area contributed by atoms with Crippen molar-refractivity contribution >= 4 is 22.2 Å². The maximum Gasteiger partial charge on any atom is 0.230 e. The number of fused-ring (bicyclic) bond motifs is 2. The molecule has 0 fully saturated rings. The van der Waals surface area contributed by atoms with Crippen LogP contribution in [0.3, 0.4) is 0 Å². The second-order valence-corrected chi connectivity index (χ2v) is 4.84. The van der Waals surface area contributed by atoms with E-state index in [0.29, 0.717) is 17.0 Å². The van der Waals surface area contributed by atoms with Gasteiger partial charge in [0.25, 0.3) is 0 Å². The molecule has 0 unspecified atom stereocenters. The highest BCUT2D eigenvalue weighted by Gasteiger charge is 2.16. The SMILES string of the molecule is O=C(c1ccc2ccccc2c1)c1nnc2ccccn12. The maximum absolute atomic E-state index is 12.6. The summed E-state index contributed by atoms with van der Waals surface area (Å²) in [5.41, 5.74) is 1.29. The number of aromatic nitrogens is 3. The van der Waals surface area contributed by atoms with Crippen LogP contribution in [-0.4, -0.2) is 20.4 Å². The molecule has 2 heterocycles. The Hall–Kier alpha value is -3.01. The summed E-state index contributed by atoms with van der Waals surface area (Å²) in [7, 11) is 0. The molecular formula is C17H11N3O. The molecule has 100 valence electrons. The zero-order valence-electron chi connectivity index (χ0n) is 11.1. The lowest BCUT2D eigenvalue weighted by Gasteiger charge is -2.02. The number of hydrogen-bond donors (Lipinski definition) is 0. The molecular weight excluding hydrogens is 262 g/mol. The number of hydrogen-bond acceptors (Lipinski definition) is 3. The van der Waals surface area contributed by atoms with Crippen molar-refractivity contribution < 1.29 is 4.79 Å². The standard InChI is InChI=1S/C17H11N3O/c21-16(17-19-18-15-7-3-4-10-20(15)17)14-9-8-12-5-1-2-6-13(12)11-14/h1-11H. The van der Waals surface area contributed by atoms with Crippen LogP contribution in [0, 0.1) is 0 Å². The van der Waals surface area contributed by atoms with E-state index < -0.39 is 0 Å². The largest absolute Gasteiger partial charge is 0.285 e. The molecule has 0 spiro atoms. The van der Waals surface area contributed by atoms with Gasteiger partial charge in [0.15, 0.2) is 5.65 Å². The fourth-order valence-electron chi connectivity index (χ4n) is 2.46. The average molecular weight is 273 g/mol. The second-order valence-electron chi connectivity index (χ2n) is 4.84. The van der Waals surface area contributed by atoms with Crippen molar-refractivity contribution in [3.63, 3.8) is 0 Å². The molecule has 0 aliphatic carbocycles. The smallest absolute Gasteiger partial charge is 0.230 e. The monoisotopic (exact) mass is 273 g/mol. The second kappa shape index (κ2) is 4.52. The quantitative estimate of drug-likeness (QED) is 0.527. The summed E-state index contributed by atoms with van der Waals surface area (Å²) in [6, 6.07) is 19.2. The first-order valence-corrected chi connectivity index (χ1v) is 6.66. The fraction of sp³-hybridized carbons (Fsp3) is 0. The van der Waals surface area contributed by atoms with Gasteiger partial charge in [0.05, 0.1) is 0 Å². The van der Waals surface area contributed by atoms with Crippen molar-refractivity contribution in [1.82, 2.24) is 14.6 Å². The lowest BCUT2D eigenvalue weighted by atomic mass is 10.0. The van der Waals surface area contributed by atoms with Gasteiger partial charge in [-0.15, -0.1) is 10.2 Å².